The molecule has 1 aliphatic heterocycles. The molecule has 1 aliphatic rings. The molecule has 2 heterocycles. The number of thioether (sulfide) groups is 1. The minimum Gasteiger partial charge on any atom is -0.459 e. The molecule has 3 aromatic rings. The van der Waals surface area contributed by atoms with Gasteiger partial charge in [-0.25, -0.2) is 0 Å². The van der Waals surface area contributed by atoms with Gasteiger partial charge in [-0.15, -0.1) is 11.8 Å². The minimum absolute atomic E-state index is 0.239. The van der Waals surface area contributed by atoms with Gasteiger partial charge in [0.1, 0.15) is 0 Å². The van der Waals surface area contributed by atoms with E-state index in [4.69, 9.17) is 4.42 Å². The van der Waals surface area contributed by atoms with Crippen LogP contribution in [0, 0.1) is 0 Å². The van der Waals surface area contributed by atoms with Gasteiger partial charge in [-0.1, -0.05) is 12.1 Å². The van der Waals surface area contributed by atoms with E-state index in [2.05, 4.69) is 5.32 Å². The predicted molar refractivity (Wildman–Crippen MR) is 106 cm³/mol. The van der Waals surface area contributed by atoms with E-state index < -0.39 is 0 Å². The number of rotatable bonds is 6. The summed E-state index contributed by atoms with van der Waals surface area (Å²) < 4.78 is 5.06. The van der Waals surface area contributed by atoms with E-state index in [1.165, 1.54) is 22.9 Å². The highest BCUT2D eigenvalue weighted by Crippen LogP contribution is 2.25. The third-order valence-electron chi connectivity index (χ3n) is 4.32. The highest BCUT2D eigenvalue weighted by atomic mass is 32.2. The van der Waals surface area contributed by atoms with E-state index in [0.717, 1.165) is 4.90 Å². The Hall–Kier alpha value is -3.32. The van der Waals surface area contributed by atoms with Gasteiger partial charge in [-0.05, 0) is 48.5 Å². The zero-order chi connectivity index (χ0) is 19.5. The van der Waals surface area contributed by atoms with Crippen LogP contribution >= 0.6 is 11.8 Å². The number of imide groups is 1. The van der Waals surface area contributed by atoms with Crippen LogP contribution in [0.1, 0.15) is 31.3 Å². The quantitative estimate of drug-likeness (QED) is 0.508. The summed E-state index contributed by atoms with van der Waals surface area (Å²) >= 11 is 1.54. The number of carbonyl (C=O) groups excluding carboxylic acids is 3. The van der Waals surface area contributed by atoms with Crippen LogP contribution in [0.3, 0.4) is 0 Å². The minimum atomic E-state index is -0.309. The van der Waals surface area contributed by atoms with Crippen molar-refractivity contribution in [3.63, 3.8) is 0 Å². The first kappa shape index (κ1) is 18.1. The summed E-state index contributed by atoms with van der Waals surface area (Å²) in [7, 11) is 0. The number of amides is 3. The number of anilines is 1. The van der Waals surface area contributed by atoms with Crippen molar-refractivity contribution in [3.05, 3.63) is 83.8 Å². The first-order valence-corrected chi connectivity index (χ1v) is 9.65. The molecule has 1 N–H and O–H groups in total. The molecule has 0 bridgehead atoms. The van der Waals surface area contributed by atoms with Gasteiger partial charge in [0.25, 0.3) is 17.7 Å². The number of hydrogen-bond acceptors (Lipinski definition) is 5. The van der Waals surface area contributed by atoms with E-state index >= 15 is 0 Å². The van der Waals surface area contributed by atoms with Crippen LogP contribution in [0.15, 0.2) is 76.2 Å². The molecule has 0 saturated carbocycles. The van der Waals surface area contributed by atoms with Gasteiger partial charge in [0.05, 0.1) is 17.4 Å². The van der Waals surface area contributed by atoms with E-state index in [1.807, 2.05) is 12.1 Å². The van der Waals surface area contributed by atoms with Crippen molar-refractivity contribution in [2.75, 3.05) is 17.6 Å². The Balaban J connectivity index is 1.31. The lowest BCUT2D eigenvalue weighted by Crippen LogP contribution is -2.31. The highest BCUT2D eigenvalue weighted by Gasteiger charge is 2.34. The maximum atomic E-state index is 12.3. The number of nitrogens with one attached hydrogen (secondary N) is 1. The fourth-order valence-electron chi connectivity index (χ4n) is 2.93. The predicted octanol–water partition coefficient (Wildman–Crippen LogP) is 3.92. The molecule has 28 heavy (non-hydrogen) atoms. The van der Waals surface area contributed by atoms with Crippen LogP contribution in [-0.2, 0) is 0 Å². The van der Waals surface area contributed by atoms with E-state index in [-0.39, 0.29) is 23.5 Å². The van der Waals surface area contributed by atoms with Crippen LogP contribution in [0.5, 0.6) is 0 Å². The average molecular weight is 392 g/mol. The fourth-order valence-corrected chi connectivity index (χ4v) is 3.77. The Kier molecular flexibility index (Phi) is 4.99. The summed E-state index contributed by atoms with van der Waals surface area (Å²) in [6.07, 6.45) is 1.45. The zero-order valence-electron chi connectivity index (χ0n) is 14.8. The third-order valence-corrected chi connectivity index (χ3v) is 5.31. The van der Waals surface area contributed by atoms with Crippen molar-refractivity contribution >= 4 is 35.2 Å². The van der Waals surface area contributed by atoms with E-state index in [1.54, 1.807) is 48.5 Å². The second kappa shape index (κ2) is 7.74. The zero-order valence-corrected chi connectivity index (χ0v) is 15.6. The normalized spacial score (nSPS) is 12.9. The molecule has 0 spiro atoms. The maximum absolute atomic E-state index is 12.3. The lowest BCUT2D eigenvalue weighted by molar-refractivity contribution is 0.0664. The van der Waals surface area contributed by atoms with Crippen molar-refractivity contribution < 1.29 is 18.8 Å². The van der Waals surface area contributed by atoms with Crippen LogP contribution in [-0.4, -0.2) is 34.9 Å². The number of hydrogen-bond donors (Lipinski definition) is 1. The molecule has 0 fully saturated rings. The van der Waals surface area contributed by atoms with Crippen molar-refractivity contribution in [2.24, 2.45) is 0 Å². The molecule has 0 aliphatic carbocycles. The Bertz CT molecular complexity index is 994. The van der Waals surface area contributed by atoms with Gasteiger partial charge in [-0.3, -0.25) is 19.3 Å². The topological polar surface area (TPSA) is 79.6 Å². The van der Waals surface area contributed by atoms with Gasteiger partial charge in [0, 0.05) is 22.9 Å². The Morgan fingerprint density at radius 1 is 0.929 bits per heavy atom. The second-order valence-electron chi connectivity index (χ2n) is 6.11. The van der Waals surface area contributed by atoms with Crippen LogP contribution in [0.4, 0.5) is 5.69 Å². The number of furan rings is 1. The summed E-state index contributed by atoms with van der Waals surface area (Å²) in [6.45, 7) is 0.341. The van der Waals surface area contributed by atoms with Crippen molar-refractivity contribution in [2.45, 2.75) is 4.90 Å². The molecule has 0 atom stereocenters. The van der Waals surface area contributed by atoms with Gasteiger partial charge in [0.15, 0.2) is 5.76 Å². The molecule has 0 unspecified atom stereocenters. The van der Waals surface area contributed by atoms with Crippen molar-refractivity contribution in [3.8, 4) is 0 Å². The van der Waals surface area contributed by atoms with Gasteiger partial charge < -0.3 is 9.73 Å². The fraction of sp³-hybridized carbons (Fsp3) is 0.0952. The lowest BCUT2D eigenvalue weighted by Gasteiger charge is -2.13. The van der Waals surface area contributed by atoms with Gasteiger partial charge in [-0.2, -0.15) is 0 Å². The van der Waals surface area contributed by atoms with E-state index in [9.17, 15) is 14.4 Å². The standard InChI is InChI=1S/C21H16N2O4S/c24-19(18-6-3-12-27-18)22-14-7-9-15(10-8-14)28-13-11-23-20(25)16-4-1-2-5-17(16)21(23)26/h1-10,12H,11,13H2,(H,22,24). The second-order valence-corrected chi connectivity index (χ2v) is 7.28. The van der Waals surface area contributed by atoms with Gasteiger partial charge >= 0.3 is 0 Å². The molecule has 7 heteroatoms. The molecule has 4 rings (SSSR count). The van der Waals surface area contributed by atoms with Crippen molar-refractivity contribution in [1.29, 1.82) is 0 Å². The molecule has 140 valence electrons. The summed E-state index contributed by atoms with van der Waals surface area (Å²) in [5, 5.41) is 2.75. The molecule has 6 nitrogen and oxygen atoms in total. The van der Waals surface area contributed by atoms with Gasteiger partial charge in [0.2, 0.25) is 0 Å². The maximum Gasteiger partial charge on any atom is 0.291 e. The molecule has 2 aromatic carbocycles. The molecular weight excluding hydrogens is 376 g/mol. The summed E-state index contributed by atoms with van der Waals surface area (Å²) in [4.78, 5) is 38.9. The average Bonchev–Trinajstić information content (AvgIpc) is 3.33. The van der Waals surface area contributed by atoms with Crippen LogP contribution < -0.4 is 5.32 Å². The smallest absolute Gasteiger partial charge is 0.291 e. The Labute approximate surface area is 165 Å². The third kappa shape index (κ3) is 3.57. The Morgan fingerprint density at radius 2 is 1.61 bits per heavy atom. The van der Waals surface area contributed by atoms with Crippen LogP contribution in [0.25, 0.3) is 0 Å². The first-order chi connectivity index (χ1) is 13.6. The SMILES string of the molecule is O=C(Nc1ccc(SCCN2C(=O)c3ccccc3C2=O)cc1)c1ccco1. The number of nitrogens with zero attached hydrogens (tertiary/aromatic N) is 1. The van der Waals surface area contributed by atoms with Crippen LogP contribution in [0.2, 0.25) is 0 Å². The number of fused-ring (bicyclic) bond motifs is 1. The monoisotopic (exact) mass is 392 g/mol. The number of benzene rings is 2. The van der Waals surface area contributed by atoms with E-state index in [0.29, 0.717) is 29.1 Å². The molecule has 3 amide bonds. The Morgan fingerprint density at radius 3 is 2.21 bits per heavy atom. The summed E-state index contributed by atoms with van der Waals surface area (Å²) in [5.74, 6) is 0.0496. The number of carbonyl (C=O) groups is 3. The molecular formula is C21H16N2O4S. The largest absolute Gasteiger partial charge is 0.459 e. The highest BCUT2D eigenvalue weighted by molar-refractivity contribution is 7.99. The lowest BCUT2D eigenvalue weighted by atomic mass is 10.1. The molecule has 0 saturated heterocycles. The van der Waals surface area contributed by atoms with Crippen molar-refractivity contribution in [1.82, 2.24) is 4.90 Å². The molecule has 0 radical (unpaired) electrons. The summed E-state index contributed by atoms with van der Waals surface area (Å²) in [6, 6.07) is 17.5. The molecule has 1 aromatic heterocycles. The first-order valence-electron chi connectivity index (χ1n) is 8.66. The summed E-state index contributed by atoms with van der Waals surface area (Å²) in [5.41, 5.74) is 1.59.